The van der Waals surface area contributed by atoms with Gasteiger partial charge in [-0.2, -0.15) is 4.98 Å². The highest BCUT2D eigenvalue weighted by atomic mass is 79.9. The summed E-state index contributed by atoms with van der Waals surface area (Å²) in [4.78, 5) is 5.26. The molecule has 0 aliphatic carbocycles. The Morgan fingerprint density at radius 3 is 2.85 bits per heavy atom. The highest BCUT2D eigenvalue weighted by Gasteiger charge is 2.14. The molecule has 3 rings (SSSR count). The highest BCUT2D eigenvalue weighted by Crippen LogP contribution is 2.33. The molecule has 0 radical (unpaired) electrons. The molecule has 0 aliphatic rings. The van der Waals surface area contributed by atoms with Crippen molar-refractivity contribution in [2.45, 2.75) is 0 Å². The lowest BCUT2D eigenvalue weighted by molar-refractivity contribution is 0.373. The molecule has 7 heteroatoms. The Morgan fingerprint density at radius 1 is 1.30 bits per heavy atom. The van der Waals surface area contributed by atoms with Gasteiger partial charge in [-0.15, -0.1) is 11.3 Å². The minimum Gasteiger partial charge on any atom is -0.504 e. The molecule has 0 aliphatic heterocycles. The van der Waals surface area contributed by atoms with Crippen LogP contribution in [-0.2, 0) is 0 Å². The maximum Gasteiger partial charge on any atom is 0.258 e. The van der Waals surface area contributed by atoms with Gasteiger partial charge < -0.3 is 14.4 Å². The third-order valence-electron chi connectivity index (χ3n) is 2.65. The van der Waals surface area contributed by atoms with Crippen molar-refractivity contribution in [3.05, 3.63) is 34.1 Å². The first-order valence-electron chi connectivity index (χ1n) is 5.64. The fourth-order valence-corrected chi connectivity index (χ4v) is 3.00. The standard InChI is InChI=1S/C13H9BrN2O3S/c1-18-9-6-7(2-3-8(9)17)13-15-12(16-19-13)10-4-5-11(14)20-10/h2-6,17H,1H3. The van der Waals surface area contributed by atoms with Gasteiger partial charge in [0.15, 0.2) is 11.5 Å². The summed E-state index contributed by atoms with van der Waals surface area (Å²) in [7, 11) is 1.49. The van der Waals surface area contributed by atoms with Crippen LogP contribution in [0.15, 0.2) is 38.6 Å². The van der Waals surface area contributed by atoms with Crippen LogP contribution in [0.2, 0.25) is 0 Å². The Bertz CT molecular complexity index is 754. The molecule has 0 fully saturated rings. The molecule has 0 unspecified atom stereocenters. The second kappa shape index (κ2) is 5.26. The molecule has 5 nitrogen and oxygen atoms in total. The van der Waals surface area contributed by atoms with Crippen LogP contribution in [-0.4, -0.2) is 22.4 Å². The zero-order valence-corrected chi connectivity index (χ0v) is 12.7. The van der Waals surface area contributed by atoms with Gasteiger partial charge in [-0.3, -0.25) is 0 Å². The smallest absolute Gasteiger partial charge is 0.258 e. The van der Waals surface area contributed by atoms with Crippen LogP contribution in [0, 0.1) is 0 Å². The average molecular weight is 353 g/mol. The van der Waals surface area contributed by atoms with Crippen LogP contribution in [0.25, 0.3) is 22.2 Å². The molecular formula is C13H9BrN2O3S. The maximum absolute atomic E-state index is 9.57. The van der Waals surface area contributed by atoms with E-state index in [2.05, 4.69) is 26.1 Å². The second-order valence-electron chi connectivity index (χ2n) is 3.91. The Labute approximate surface area is 127 Å². The van der Waals surface area contributed by atoms with Gasteiger partial charge in [0.25, 0.3) is 5.89 Å². The first-order valence-corrected chi connectivity index (χ1v) is 7.25. The molecule has 0 atom stereocenters. The number of benzene rings is 1. The number of phenolic OH excluding ortho intramolecular Hbond substituents is 1. The van der Waals surface area contributed by atoms with E-state index in [-0.39, 0.29) is 5.75 Å². The Balaban J connectivity index is 1.97. The number of aromatic nitrogens is 2. The Kier molecular flexibility index (Phi) is 3.45. The minimum absolute atomic E-state index is 0.0678. The summed E-state index contributed by atoms with van der Waals surface area (Å²) in [5.74, 6) is 1.34. The number of hydrogen-bond acceptors (Lipinski definition) is 6. The van der Waals surface area contributed by atoms with Crippen LogP contribution in [0.1, 0.15) is 0 Å². The van der Waals surface area contributed by atoms with Crippen molar-refractivity contribution in [2.24, 2.45) is 0 Å². The van der Waals surface area contributed by atoms with Gasteiger partial charge >= 0.3 is 0 Å². The summed E-state index contributed by atoms with van der Waals surface area (Å²) in [6, 6.07) is 8.72. The number of aromatic hydroxyl groups is 1. The number of thiophene rings is 1. The fraction of sp³-hybridized carbons (Fsp3) is 0.0769. The summed E-state index contributed by atoms with van der Waals surface area (Å²) in [6.07, 6.45) is 0. The van der Waals surface area contributed by atoms with Gasteiger partial charge in [-0.25, -0.2) is 0 Å². The van der Waals surface area contributed by atoms with Crippen LogP contribution in [0.3, 0.4) is 0 Å². The third-order valence-corrected chi connectivity index (χ3v) is 4.27. The van der Waals surface area contributed by atoms with Gasteiger partial charge in [0.05, 0.1) is 15.8 Å². The SMILES string of the molecule is COc1cc(-c2nc(-c3ccc(Br)s3)no2)ccc1O. The zero-order chi connectivity index (χ0) is 14.1. The van der Waals surface area contributed by atoms with E-state index in [9.17, 15) is 5.11 Å². The normalized spacial score (nSPS) is 10.7. The van der Waals surface area contributed by atoms with E-state index < -0.39 is 0 Å². The molecule has 1 N–H and O–H groups in total. The molecule has 2 aromatic heterocycles. The lowest BCUT2D eigenvalue weighted by atomic mass is 10.2. The third kappa shape index (κ3) is 2.41. The Hall–Kier alpha value is -1.86. The highest BCUT2D eigenvalue weighted by molar-refractivity contribution is 9.11. The van der Waals surface area contributed by atoms with Gasteiger partial charge in [-0.05, 0) is 46.3 Å². The maximum atomic E-state index is 9.57. The molecular weight excluding hydrogens is 344 g/mol. The summed E-state index contributed by atoms with van der Waals surface area (Å²) in [5, 5.41) is 13.5. The van der Waals surface area contributed by atoms with Crippen LogP contribution in [0.4, 0.5) is 0 Å². The molecule has 102 valence electrons. The van der Waals surface area contributed by atoms with Crippen molar-refractivity contribution in [1.29, 1.82) is 0 Å². The number of hydrogen-bond donors (Lipinski definition) is 1. The Morgan fingerprint density at radius 2 is 2.15 bits per heavy atom. The van der Waals surface area contributed by atoms with Crippen LogP contribution in [0.5, 0.6) is 11.5 Å². The summed E-state index contributed by atoms with van der Waals surface area (Å²) in [6.45, 7) is 0. The monoisotopic (exact) mass is 352 g/mol. The van der Waals surface area contributed by atoms with E-state index in [1.807, 2.05) is 12.1 Å². The number of methoxy groups -OCH3 is 1. The van der Waals surface area contributed by atoms with Crippen molar-refractivity contribution in [2.75, 3.05) is 7.11 Å². The average Bonchev–Trinajstić information content (AvgIpc) is 3.08. The molecule has 2 heterocycles. The number of halogens is 1. The van der Waals surface area contributed by atoms with Crippen molar-refractivity contribution in [3.63, 3.8) is 0 Å². The van der Waals surface area contributed by atoms with Crippen molar-refractivity contribution in [3.8, 4) is 33.7 Å². The number of phenols is 1. The predicted molar refractivity (Wildman–Crippen MR) is 79.0 cm³/mol. The van der Waals surface area contributed by atoms with E-state index in [4.69, 9.17) is 9.26 Å². The second-order valence-corrected chi connectivity index (χ2v) is 6.38. The molecule has 0 spiro atoms. The zero-order valence-electron chi connectivity index (χ0n) is 10.3. The van der Waals surface area contributed by atoms with Gasteiger partial charge in [0.1, 0.15) is 0 Å². The minimum atomic E-state index is 0.0678. The molecule has 0 amide bonds. The lowest BCUT2D eigenvalue weighted by Gasteiger charge is -2.03. The summed E-state index contributed by atoms with van der Waals surface area (Å²) in [5.41, 5.74) is 0.689. The summed E-state index contributed by atoms with van der Waals surface area (Å²) < 4.78 is 11.3. The van der Waals surface area contributed by atoms with Gasteiger partial charge in [0.2, 0.25) is 5.82 Å². The van der Waals surface area contributed by atoms with Gasteiger partial charge in [-0.1, -0.05) is 5.16 Å². The first kappa shape index (κ1) is 13.1. The molecule has 0 saturated heterocycles. The number of rotatable bonds is 3. The molecule has 3 aromatic rings. The quantitative estimate of drug-likeness (QED) is 0.772. The van der Waals surface area contributed by atoms with Crippen LogP contribution >= 0.6 is 27.3 Å². The molecule has 0 bridgehead atoms. The van der Waals surface area contributed by atoms with E-state index >= 15 is 0 Å². The molecule has 0 saturated carbocycles. The molecule has 20 heavy (non-hydrogen) atoms. The van der Waals surface area contributed by atoms with E-state index in [1.54, 1.807) is 12.1 Å². The molecule has 1 aromatic carbocycles. The van der Waals surface area contributed by atoms with E-state index in [1.165, 1.54) is 24.5 Å². The predicted octanol–water partition coefficient (Wildman–Crippen LogP) is 3.94. The lowest BCUT2D eigenvalue weighted by Crippen LogP contribution is -1.85. The van der Waals surface area contributed by atoms with Crippen molar-refractivity contribution in [1.82, 2.24) is 10.1 Å². The van der Waals surface area contributed by atoms with E-state index in [0.29, 0.717) is 23.0 Å². The van der Waals surface area contributed by atoms with Crippen LogP contribution < -0.4 is 4.74 Å². The summed E-state index contributed by atoms with van der Waals surface area (Å²) >= 11 is 4.92. The number of nitrogens with zero attached hydrogens (tertiary/aromatic N) is 2. The fourth-order valence-electron chi connectivity index (χ4n) is 1.69. The van der Waals surface area contributed by atoms with E-state index in [0.717, 1.165) is 8.66 Å². The largest absolute Gasteiger partial charge is 0.504 e. The first-order chi connectivity index (χ1) is 9.67. The van der Waals surface area contributed by atoms with Gasteiger partial charge in [0, 0.05) is 5.56 Å². The number of ether oxygens (including phenoxy) is 1. The topological polar surface area (TPSA) is 68.4 Å². The van der Waals surface area contributed by atoms with Crippen molar-refractivity contribution < 1.29 is 14.4 Å². The van der Waals surface area contributed by atoms with Crippen molar-refractivity contribution >= 4 is 27.3 Å².